The van der Waals surface area contributed by atoms with Gasteiger partial charge in [0.15, 0.2) is 0 Å². The van der Waals surface area contributed by atoms with Crippen molar-refractivity contribution in [3.8, 4) is 0 Å². The molecule has 5 nitrogen and oxygen atoms in total. The molecule has 0 bridgehead atoms. The fraction of sp³-hybridized carbons (Fsp3) is 0.150. The minimum absolute atomic E-state index is 0.185. The molecule has 0 aromatic heterocycles. The first-order chi connectivity index (χ1) is 12.9. The summed E-state index contributed by atoms with van der Waals surface area (Å²) in [6.45, 7) is 1.68. The van der Waals surface area contributed by atoms with Crippen LogP contribution < -0.4 is 5.32 Å². The van der Waals surface area contributed by atoms with Gasteiger partial charge in [0.1, 0.15) is 0 Å². The predicted molar refractivity (Wildman–Crippen MR) is 116 cm³/mol. The molecule has 0 radical (unpaired) electrons. The number of hydrogen-bond donors (Lipinski definition) is 1. The molecule has 0 saturated carbocycles. The highest BCUT2D eigenvalue weighted by molar-refractivity contribution is 14.1. The maximum atomic E-state index is 13.0. The molecule has 27 heavy (non-hydrogen) atoms. The second kappa shape index (κ2) is 8.37. The molecule has 0 unspecified atom stereocenters. The Morgan fingerprint density at radius 1 is 1.00 bits per heavy atom. The number of halogens is 1. The zero-order valence-electron chi connectivity index (χ0n) is 14.7. The third-order valence-corrected chi connectivity index (χ3v) is 6.80. The Kier molecular flexibility index (Phi) is 6.13. The van der Waals surface area contributed by atoms with E-state index in [9.17, 15) is 13.2 Å². The van der Waals surface area contributed by atoms with E-state index in [0.717, 1.165) is 14.3 Å². The summed E-state index contributed by atoms with van der Waals surface area (Å²) in [4.78, 5) is 12.5. The smallest absolute Gasteiger partial charge is 0.243 e. The number of likely N-dealkylation sites (N-methyl/N-ethyl adjacent to an activating group) is 1. The third kappa shape index (κ3) is 4.66. The minimum Gasteiger partial charge on any atom is -0.325 e. The Morgan fingerprint density at radius 3 is 2.33 bits per heavy atom. The molecule has 0 aliphatic carbocycles. The van der Waals surface area contributed by atoms with Crippen LogP contribution in [0.4, 0.5) is 5.69 Å². The topological polar surface area (TPSA) is 66.5 Å². The van der Waals surface area contributed by atoms with E-state index in [1.807, 2.05) is 36.4 Å². The van der Waals surface area contributed by atoms with Crippen LogP contribution in [0.5, 0.6) is 0 Å². The number of sulfonamides is 1. The molecule has 0 atom stereocenters. The van der Waals surface area contributed by atoms with Gasteiger partial charge in [-0.15, -0.1) is 0 Å². The molecular formula is C20H19IN2O3S. The first-order valence-corrected chi connectivity index (χ1v) is 11.0. The fourth-order valence-electron chi connectivity index (χ4n) is 2.74. The minimum atomic E-state index is -3.77. The van der Waals surface area contributed by atoms with E-state index in [1.54, 1.807) is 37.3 Å². The molecule has 0 spiro atoms. The molecule has 3 aromatic rings. The fourth-order valence-corrected chi connectivity index (χ4v) is 4.54. The van der Waals surface area contributed by atoms with Crippen molar-refractivity contribution < 1.29 is 13.2 Å². The first-order valence-electron chi connectivity index (χ1n) is 8.44. The van der Waals surface area contributed by atoms with Gasteiger partial charge in [0.05, 0.1) is 11.4 Å². The molecule has 0 heterocycles. The first kappa shape index (κ1) is 19.8. The maximum absolute atomic E-state index is 13.0. The van der Waals surface area contributed by atoms with Crippen LogP contribution in [0.25, 0.3) is 10.8 Å². The lowest BCUT2D eigenvalue weighted by atomic mass is 10.1. The van der Waals surface area contributed by atoms with Crippen molar-refractivity contribution in [1.29, 1.82) is 0 Å². The molecule has 0 aliphatic heterocycles. The van der Waals surface area contributed by atoms with Gasteiger partial charge in [0.2, 0.25) is 15.9 Å². The maximum Gasteiger partial charge on any atom is 0.243 e. The highest BCUT2D eigenvalue weighted by atomic mass is 127. The Balaban J connectivity index is 1.79. The largest absolute Gasteiger partial charge is 0.325 e. The van der Waals surface area contributed by atoms with Crippen molar-refractivity contribution in [3.05, 3.63) is 70.3 Å². The summed E-state index contributed by atoms with van der Waals surface area (Å²) >= 11 is 2.18. The van der Waals surface area contributed by atoms with Crippen LogP contribution in [0, 0.1) is 3.57 Å². The Morgan fingerprint density at radius 2 is 1.67 bits per heavy atom. The highest BCUT2D eigenvalue weighted by Crippen LogP contribution is 2.22. The number of amides is 1. The number of rotatable bonds is 6. The van der Waals surface area contributed by atoms with E-state index < -0.39 is 10.0 Å². The molecule has 140 valence electrons. The van der Waals surface area contributed by atoms with E-state index in [-0.39, 0.29) is 23.9 Å². The van der Waals surface area contributed by atoms with Crippen molar-refractivity contribution in [1.82, 2.24) is 4.31 Å². The van der Waals surface area contributed by atoms with E-state index in [4.69, 9.17) is 0 Å². The van der Waals surface area contributed by atoms with Crippen LogP contribution in [0.3, 0.4) is 0 Å². The van der Waals surface area contributed by atoms with Gasteiger partial charge in [0, 0.05) is 15.8 Å². The predicted octanol–water partition coefficient (Wildman–Crippen LogP) is 4.09. The summed E-state index contributed by atoms with van der Waals surface area (Å²) in [6, 6.07) is 19.9. The quantitative estimate of drug-likeness (QED) is 0.525. The molecular weight excluding hydrogens is 475 g/mol. The normalized spacial score (nSPS) is 11.7. The zero-order valence-corrected chi connectivity index (χ0v) is 17.7. The van der Waals surface area contributed by atoms with Gasteiger partial charge in [0.25, 0.3) is 0 Å². The Hall–Kier alpha value is -1.97. The summed E-state index contributed by atoms with van der Waals surface area (Å²) in [6.07, 6.45) is 0. The van der Waals surface area contributed by atoms with Gasteiger partial charge in [-0.3, -0.25) is 4.79 Å². The number of nitrogens with zero attached hydrogens (tertiary/aromatic N) is 1. The van der Waals surface area contributed by atoms with Crippen LogP contribution in [0.2, 0.25) is 0 Å². The van der Waals surface area contributed by atoms with E-state index in [1.165, 1.54) is 4.31 Å². The van der Waals surface area contributed by atoms with Crippen LogP contribution in [-0.2, 0) is 14.8 Å². The standard InChI is InChI=1S/C20H19IN2O3S/c1-2-23(14-20(24)22-18-10-8-17(21)9-11-18)27(25,26)19-12-7-15-5-3-4-6-16(15)13-19/h3-13H,2,14H2,1H3,(H,22,24). The lowest BCUT2D eigenvalue weighted by Gasteiger charge is -2.20. The average molecular weight is 494 g/mol. The second-order valence-electron chi connectivity index (χ2n) is 6.00. The lowest BCUT2D eigenvalue weighted by Crippen LogP contribution is -2.37. The van der Waals surface area contributed by atoms with Crippen molar-refractivity contribution in [2.75, 3.05) is 18.4 Å². The van der Waals surface area contributed by atoms with Crippen molar-refractivity contribution >= 4 is 55.0 Å². The summed E-state index contributed by atoms with van der Waals surface area (Å²) in [5.74, 6) is -0.373. The summed E-state index contributed by atoms with van der Waals surface area (Å²) in [5, 5.41) is 4.55. The molecule has 3 aromatic carbocycles. The van der Waals surface area contributed by atoms with Gasteiger partial charge in [-0.25, -0.2) is 8.42 Å². The third-order valence-electron chi connectivity index (χ3n) is 4.16. The van der Waals surface area contributed by atoms with Gasteiger partial charge >= 0.3 is 0 Å². The van der Waals surface area contributed by atoms with Crippen LogP contribution in [0.15, 0.2) is 71.6 Å². The summed E-state index contributed by atoms with van der Waals surface area (Å²) < 4.78 is 28.2. The van der Waals surface area contributed by atoms with Crippen molar-refractivity contribution in [2.24, 2.45) is 0 Å². The van der Waals surface area contributed by atoms with E-state index in [2.05, 4.69) is 27.9 Å². The average Bonchev–Trinajstić information content (AvgIpc) is 2.67. The highest BCUT2D eigenvalue weighted by Gasteiger charge is 2.25. The number of carbonyl (C=O) groups excluding carboxylic acids is 1. The van der Waals surface area contributed by atoms with E-state index in [0.29, 0.717) is 5.69 Å². The Bertz CT molecular complexity index is 1070. The molecule has 0 fully saturated rings. The van der Waals surface area contributed by atoms with Gasteiger partial charge in [-0.2, -0.15) is 4.31 Å². The lowest BCUT2D eigenvalue weighted by molar-refractivity contribution is -0.116. The number of benzene rings is 3. The second-order valence-corrected chi connectivity index (χ2v) is 9.18. The SMILES string of the molecule is CCN(CC(=O)Nc1ccc(I)cc1)S(=O)(=O)c1ccc2ccccc2c1. The van der Waals surface area contributed by atoms with E-state index >= 15 is 0 Å². The molecule has 1 N–H and O–H groups in total. The summed E-state index contributed by atoms with van der Waals surface area (Å²) in [7, 11) is -3.77. The van der Waals surface area contributed by atoms with Gasteiger partial charge in [-0.1, -0.05) is 37.3 Å². The van der Waals surface area contributed by atoms with Crippen molar-refractivity contribution in [3.63, 3.8) is 0 Å². The molecule has 3 rings (SSSR count). The van der Waals surface area contributed by atoms with Gasteiger partial charge in [-0.05, 0) is 69.8 Å². The number of carbonyl (C=O) groups is 1. The molecule has 0 aliphatic rings. The number of fused-ring (bicyclic) bond motifs is 1. The van der Waals surface area contributed by atoms with Crippen LogP contribution >= 0.6 is 22.6 Å². The zero-order chi connectivity index (χ0) is 19.4. The number of hydrogen-bond acceptors (Lipinski definition) is 3. The van der Waals surface area contributed by atoms with Crippen LogP contribution in [-0.4, -0.2) is 31.7 Å². The van der Waals surface area contributed by atoms with Crippen molar-refractivity contribution in [2.45, 2.75) is 11.8 Å². The number of anilines is 1. The monoisotopic (exact) mass is 494 g/mol. The Labute approximate surface area is 172 Å². The summed E-state index contributed by atoms with van der Waals surface area (Å²) in [5.41, 5.74) is 0.638. The molecule has 7 heteroatoms. The molecule has 1 amide bonds. The van der Waals surface area contributed by atoms with Gasteiger partial charge < -0.3 is 5.32 Å². The molecule has 0 saturated heterocycles. The van der Waals surface area contributed by atoms with Crippen LogP contribution in [0.1, 0.15) is 6.92 Å². The number of nitrogens with one attached hydrogen (secondary N) is 1.